The highest BCUT2D eigenvalue weighted by molar-refractivity contribution is 7.92. The summed E-state index contributed by atoms with van der Waals surface area (Å²) >= 11 is 0. The summed E-state index contributed by atoms with van der Waals surface area (Å²) in [5.74, 6) is 0.632. The van der Waals surface area contributed by atoms with Crippen LogP contribution in [0.3, 0.4) is 0 Å². The molecule has 1 saturated heterocycles. The van der Waals surface area contributed by atoms with Crippen LogP contribution in [0.4, 0.5) is 0 Å². The van der Waals surface area contributed by atoms with E-state index < -0.39 is 9.84 Å². The first-order valence-electron chi connectivity index (χ1n) is 4.96. The molecule has 1 aliphatic rings. The molecule has 0 saturated carbocycles. The van der Waals surface area contributed by atoms with Crippen LogP contribution in [0.5, 0.6) is 0 Å². The third kappa shape index (κ3) is 2.46. The zero-order valence-electron chi connectivity index (χ0n) is 9.00. The molecule has 78 valence electrons. The largest absolute Gasteiger partial charge is 0.229 e. The van der Waals surface area contributed by atoms with Crippen molar-refractivity contribution in [3.05, 3.63) is 0 Å². The average molecular weight is 204 g/mol. The van der Waals surface area contributed by atoms with Crippen LogP contribution in [0, 0.1) is 11.3 Å². The average Bonchev–Trinajstić information content (AvgIpc) is 1.95. The monoisotopic (exact) mass is 204 g/mol. The van der Waals surface area contributed by atoms with Gasteiger partial charge < -0.3 is 0 Å². The van der Waals surface area contributed by atoms with E-state index in [-0.39, 0.29) is 16.6 Å². The Bertz CT molecular complexity index is 275. The summed E-state index contributed by atoms with van der Waals surface area (Å²) in [5, 5.41) is -0.115. The van der Waals surface area contributed by atoms with Crippen LogP contribution >= 0.6 is 0 Å². The highest BCUT2D eigenvalue weighted by atomic mass is 32.2. The van der Waals surface area contributed by atoms with E-state index >= 15 is 0 Å². The first-order valence-corrected chi connectivity index (χ1v) is 6.68. The van der Waals surface area contributed by atoms with Gasteiger partial charge in [-0.05, 0) is 24.2 Å². The summed E-state index contributed by atoms with van der Waals surface area (Å²) < 4.78 is 23.4. The molecular weight excluding hydrogens is 184 g/mol. The van der Waals surface area contributed by atoms with E-state index in [4.69, 9.17) is 0 Å². The lowest BCUT2D eigenvalue weighted by Crippen LogP contribution is -2.40. The Morgan fingerprint density at radius 2 is 1.85 bits per heavy atom. The molecule has 0 aromatic heterocycles. The van der Waals surface area contributed by atoms with Crippen molar-refractivity contribution >= 4 is 9.84 Å². The molecule has 1 unspecified atom stereocenters. The van der Waals surface area contributed by atoms with Crippen LogP contribution in [-0.2, 0) is 9.84 Å². The number of hydrogen-bond donors (Lipinski definition) is 0. The van der Waals surface area contributed by atoms with Crippen LogP contribution in [0.2, 0.25) is 0 Å². The van der Waals surface area contributed by atoms with E-state index in [1.165, 1.54) is 0 Å². The maximum absolute atomic E-state index is 11.7. The number of sulfone groups is 1. The molecule has 0 aliphatic carbocycles. The molecule has 0 radical (unpaired) electrons. The Labute approximate surface area is 81.6 Å². The van der Waals surface area contributed by atoms with Gasteiger partial charge in [0.1, 0.15) is 0 Å². The molecule has 13 heavy (non-hydrogen) atoms. The highest BCUT2D eigenvalue weighted by Gasteiger charge is 2.39. The topological polar surface area (TPSA) is 34.1 Å². The molecule has 1 atom stereocenters. The van der Waals surface area contributed by atoms with Crippen LogP contribution in [0.25, 0.3) is 0 Å². The minimum atomic E-state index is -2.79. The summed E-state index contributed by atoms with van der Waals surface area (Å²) in [6, 6.07) is 0. The molecule has 0 N–H and O–H groups in total. The lowest BCUT2D eigenvalue weighted by molar-refractivity contribution is 0.278. The minimum Gasteiger partial charge on any atom is -0.229 e. The lowest BCUT2D eigenvalue weighted by Gasteiger charge is -2.36. The molecule has 2 nitrogen and oxygen atoms in total. The van der Waals surface area contributed by atoms with Gasteiger partial charge in [-0.3, -0.25) is 0 Å². The quantitative estimate of drug-likeness (QED) is 0.656. The van der Waals surface area contributed by atoms with Crippen LogP contribution in [0.15, 0.2) is 0 Å². The van der Waals surface area contributed by atoms with Gasteiger partial charge in [-0.2, -0.15) is 0 Å². The highest BCUT2D eigenvalue weighted by Crippen LogP contribution is 2.37. The van der Waals surface area contributed by atoms with Crippen molar-refractivity contribution in [3.8, 4) is 0 Å². The van der Waals surface area contributed by atoms with E-state index in [0.29, 0.717) is 5.75 Å². The van der Waals surface area contributed by atoms with E-state index in [0.717, 1.165) is 12.8 Å². The van der Waals surface area contributed by atoms with Gasteiger partial charge in [-0.25, -0.2) is 8.42 Å². The van der Waals surface area contributed by atoms with Crippen molar-refractivity contribution in [2.75, 3.05) is 5.75 Å². The van der Waals surface area contributed by atoms with Crippen LogP contribution in [0.1, 0.15) is 40.5 Å². The van der Waals surface area contributed by atoms with E-state index in [2.05, 4.69) is 13.8 Å². The fourth-order valence-corrected chi connectivity index (χ4v) is 4.67. The normalized spacial score (nSPS) is 31.9. The summed E-state index contributed by atoms with van der Waals surface area (Å²) in [5.41, 5.74) is 0.209. The SMILES string of the molecule is CC(C)C1CC(C)(C)CCS1(=O)=O. The second kappa shape index (κ2) is 3.26. The van der Waals surface area contributed by atoms with E-state index in [1.54, 1.807) is 0 Å². The van der Waals surface area contributed by atoms with Crippen molar-refractivity contribution in [1.82, 2.24) is 0 Å². The zero-order valence-corrected chi connectivity index (χ0v) is 9.82. The molecular formula is C10H20O2S. The second-order valence-corrected chi connectivity index (χ2v) is 7.61. The number of hydrogen-bond acceptors (Lipinski definition) is 2. The Morgan fingerprint density at radius 1 is 1.31 bits per heavy atom. The van der Waals surface area contributed by atoms with Gasteiger partial charge in [0.25, 0.3) is 0 Å². The van der Waals surface area contributed by atoms with E-state index in [9.17, 15) is 8.42 Å². The maximum atomic E-state index is 11.7. The smallest absolute Gasteiger partial charge is 0.153 e. The molecule has 3 heteroatoms. The first kappa shape index (κ1) is 11.0. The Kier molecular flexibility index (Phi) is 2.77. The van der Waals surface area contributed by atoms with Gasteiger partial charge in [0.15, 0.2) is 9.84 Å². The van der Waals surface area contributed by atoms with Crippen molar-refractivity contribution in [3.63, 3.8) is 0 Å². The third-order valence-corrected chi connectivity index (χ3v) is 5.43. The summed E-state index contributed by atoms with van der Waals surface area (Å²) in [4.78, 5) is 0. The molecule has 1 rings (SSSR count). The minimum absolute atomic E-state index is 0.115. The summed E-state index contributed by atoms with van der Waals surface area (Å²) in [6.07, 6.45) is 1.64. The molecule has 0 spiro atoms. The van der Waals surface area contributed by atoms with Gasteiger partial charge in [0, 0.05) is 0 Å². The third-order valence-electron chi connectivity index (χ3n) is 3.02. The first-order chi connectivity index (χ1) is 5.75. The summed E-state index contributed by atoms with van der Waals surface area (Å²) in [7, 11) is -2.79. The van der Waals surface area contributed by atoms with E-state index in [1.807, 2.05) is 13.8 Å². The van der Waals surface area contributed by atoms with Gasteiger partial charge in [0.05, 0.1) is 11.0 Å². The molecule has 0 aromatic carbocycles. The molecule has 1 heterocycles. The Balaban J connectivity index is 2.89. The fraction of sp³-hybridized carbons (Fsp3) is 1.00. The fourth-order valence-electron chi connectivity index (χ4n) is 1.99. The predicted octanol–water partition coefficient (Wildman–Crippen LogP) is 2.25. The Hall–Kier alpha value is -0.0500. The lowest BCUT2D eigenvalue weighted by atomic mass is 9.82. The van der Waals surface area contributed by atoms with Crippen molar-refractivity contribution in [1.29, 1.82) is 0 Å². The molecule has 1 fully saturated rings. The van der Waals surface area contributed by atoms with Crippen LogP contribution in [-0.4, -0.2) is 19.4 Å². The van der Waals surface area contributed by atoms with Gasteiger partial charge in [-0.1, -0.05) is 27.7 Å². The maximum Gasteiger partial charge on any atom is 0.153 e. The molecule has 0 bridgehead atoms. The number of rotatable bonds is 1. The van der Waals surface area contributed by atoms with Gasteiger partial charge in [-0.15, -0.1) is 0 Å². The Morgan fingerprint density at radius 3 is 2.23 bits per heavy atom. The predicted molar refractivity (Wildman–Crippen MR) is 55.4 cm³/mol. The van der Waals surface area contributed by atoms with Crippen LogP contribution < -0.4 is 0 Å². The standard InChI is InChI=1S/C10H20O2S/c1-8(2)9-7-10(3,4)5-6-13(9,11)12/h8-9H,5-7H2,1-4H3. The zero-order chi connectivity index (χ0) is 10.3. The summed E-state index contributed by atoms with van der Waals surface area (Å²) in [6.45, 7) is 8.33. The van der Waals surface area contributed by atoms with Gasteiger partial charge >= 0.3 is 0 Å². The van der Waals surface area contributed by atoms with Gasteiger partial charge in [0.2, 0.25) is 0 Å². The second-order valence-electron chi connectivity index (χ2n) is 5.27. The molecule has 0 amide bonds. The molecule has 1 aliphatic heterocycles. The molecule has 0 aromatic rings. The van der Waals surface area contributed by atoms with Crippen molar-refractivity contribution in [2.24, 2.45) is 11.3 Å². The van der Waals surface area contributed by atoms with Crippen molar-refractivity contribution < 1.29 is 8.42 Å². The van der Waals surface area contributed by atoms with Crippen molar-refractivity contribution in [2.45, 2.75) is 45.8 Å².